The molecule has 4 heterocycles. The van der Waals surface area contributed by atoms with E-state index in [0.717, 1.165) is 48.6 Å². The molecule has 0 atom stereocenters. The molecule has 1 saturated heterocycles. The van der Waals surface area contributed by atoms with Gasteiger partial charge < -0.3 is 9.73 Å². The predicted molar refractivity (Wildman–Crippen MR) is 129 cm³/mol. The van der Waals surface area contributed by atoms with Crippen LogP contribution >= 0.6 is 23.7 Å². The molecule has 0 aliphatic carbocycles. The fraction of sp³-hybridized carbons (Fsp3) is 0.348. The molecule has 0 bridgehead atoms. The summed E-state index contributed by atoms with van der Waals surface area (Å²) < 4.78 is 9.48. The van der Waals surface area contributed by atoms with E-state index in [9.17, 15) is 9.59 Å². The minimum absolute atomic E-state index is 0. The van der Waals surface area contributed by atoms with Crippen LogP contribution in [0, 0.1) is 0 Å². The molecule has 1 aromatic carbocycles. The van der Waals surface area contributed by atoms with E-state index in [1.54, 1.807) is 10.8 Å². The molecule has 1 aliphatic rings. The SMILES string of the molecule is CCc1cnc(Cn2c(=O)n(C3CCNCC3)c(=O)c3sc(-c4ccccc4)cc32)o1.Cl. The maximum Gasteiger partial charge on any atom is 0.332 e. The van der Waals surface area contributed by atoms with Gasteiger partial charge in [0.2, 0.25) is 5.89 Å². The van der Waals surface area contributed by atoms with Crippen molar-refractivity contribution in [1.29, 1.82) is 0 Å². The molecular formula is C23H25ClN4O3S. The van der Waals surface area contributed by atoms with Crippen molar-refractivity contribution in [3.05, 3.63) is 75.1 Å². The fourth-order valence-corrected chi connectivity index (χ4v) is 5.27. The van der Waals surface area contributed by atoms with E-state index in [-0.39, 0.29) is 36.2 Å². The van der Waals surface area contributed by atoms with Gasteiger partial charge in [-0.1, -0.05) is 37.3 Å². The predicted octanol–water partition coefficient (Wildman–Crippen LogP) is 3.84. The van der Waals surface area contributed by atoms with Gasteiger partial charge in [-0.15, -0.1) is 23.7 Å². The number of piperidine rings is 1. The average molecular weight is 473 g/mol. The van der Waals surface area contributed by atoms with Gasteiger partial charge in [0.1, 0.15) is 17.0 Å². The van der Waals surface area contributed by atoms with Crippen molar-refractivity contribution in [1.82, 2.24) is 19.4 Å². The number of thiophene rings is 1. The molecule has 168 valence electrons. The number of oxazole rings is 1. The number of halogens is 1. The van der Waals surface area contributed by atoms with E-state index in [4.69, 9.17) is 4.42 Å². The highest BCUT2D eigenvalue weighted by molar-refractivity contribution is 7.22. The van der Waals surface area contributed by atoms with Gasteiger partial charge in [-0.05, 0) is 37.6 Å². The summed E-state index contributed by atoms with van der Waals surface area (Å²) in [6, 6.07) is 11.8. The summed E-state index contributed by atoms with van der Waals surface area (Å²) in [5.74, 6) is 1.25. The molecule has 5 rings (SSSR count). The second kappa shape index (κ2) is 9.44. The molecule has 3 aromatic heterocycles. The molecule has 0 amide bonds. The summed E-state index contributed by atoms with van der Waals surface area (Å²) >= 11 is 1.44. The lowest BCUT2D eigenvalue weighted by Gasteiger charge is -2.24. The molecule has 7 nitrogen and oxygen atoms in total. The van der Waals surface area contributed by atoms with Crippen LogP contribution in [-0.2, 0) is 13.0 Å². The van der Waals surface area contributed by atoms with Crippen LogP contribution in [0.3, 0.4) is 0 Å². The monoisotopic (exact) mass is 472 g/mol. The van der Waals surface area contributed by atoms with E-state index in [0.29, 0.717) is 16.1 Å². The largest absolute Gasteiger partial charge is 0.444 e. The van der Waals surface area contributed by atoms with E-state index in [1.165, 1.54) is 15.9 Å². The Morgan fingerprint density at radius 2 is 1.94 bits per heavy atom. The van der Waals surface area contributed by atoms with Crippen LogP contribution < -0.4 is 16.6 Å². The molecule has 1 aliphatic heterocycles. The Hall–Kier alpha value is -2.68. The van der Waals surface area contributed by atoms with Crippen molar-refractivity contribution >= 4 is 34.0 Å². The Kier molecular flexibility index (Phi) is 6.64. The molecular weight excluding hydrogens is 448 g/mol. The second-order valence-electron chi connectivity index (χ2n) is 7.79. The Morgan fingerprint density at radius 1 is 1.19 bits per heavy atom. The third-order valence-electron chi connectivity index (χ3n) is 5.83. The number of nitrogens with one attached hydrogen (secondary N) is 1. The first-order valence-corrected chi connectivity index (χ1v) is 11.5. The van der Waals surface area contributed by atoms with Gasteiger partial charge in [-0.25, -0.2) is 9.78 Å². The number of fused-ring (bicyclic) bond motifs is 1. The van der Waals surface area contributed by atoms with Crippen LogP contribution in [0.25, 0.3) is 20.7 Å². The second-order valence-corrected chi connectivity index (χ2v) is 8.84. The number of nitrogens with zero attached hydrogens (tertiary/aromatic N) is 3. The molecule has 1 N–H and O–H groups in total. The van der Waals surface area contributed by atoms with Gasteiger partial charge in [-0.2, -0.15) is 0 Å². The van der Waals surface area contributed by atoms with Crippen LogP contribution in [0.2, 0.25) is 0 Å². The van der Waals surface area contributed by atoms with Crippen molar-refractivity contribution in [2.45, 2.75) is 38.8 Å². The van der Waals surface area contributed by atoms with Gasteiger partial charge >= 0.3 is 5.69 Å². The zero-order chi connectivity index (χ0) is 21.4. The zero-order valence-corrected chi connectivity index (χ0v) is 19.4. The van der Waals surface area contributed by atoms with E-state index in [1.807, 2.05) is 43.3 Å². The van der Waals surface area contributed by atoms with E-state index < -0.39 is 0 Å². The molecule has 9 heteroatoms. The minimum Gasteiger partial charge on any atom is -0.444 e. The summed E-state index contributed by atoms with van der Waals surface area (Å²) in [7, 11) is 0. The van der Waals surface area contributed by atoms with E-state index >= 15 is 0 Å². The molecule has 0 unspecified atom stereocenters. The van der Waals surface area contributed by atoms with Crippen molar-refractivity contribution in [2.75, 3.05) is 13.1 Å². The molecule has 0 spiro atoms. The Morgan fingerprint density at radius 3 is 2.62 bits per heavy atom. The van der Waals surface area contributed by atoms with Crippen molar-refractivity contribution < 1.29 is 4.42 Å². The molecule has 0 saturated carbocycles. The number of benzene rings is 1. The van der Waals surface area contributed by atoms with Crippen molar-refractivity contribution in [2.24, 2.45) is 0 Å². The lowest BCUT2D eigenvalue weighted by molar-refractivity contribution is 0.344. The van der Waals surface area contributed by atoms with Gasteiger partial charge in [0.15, 0.2) is 0 Å². The highest BCUT2D eigenvalue weighted by Gasteiger charge is 2.24. The number of aromatic nitrogens is 3. The quantitative estimate of drug-likeness (QED) is 0.477. The summed E-state index contributed by atoms with van der Waals surface area (Å²) in [6.07, 6.45) is 3.96. The lowest BCUT2D eigenvalue weighted by atomic mass is 10.1. The highest BCUT2D eigenvalue weighted by atomic mass is 35.5. The molecule has 0 radical (unpaired) electrons. The standard InChI is InChI=1S/C23H24N4O3S.ClH/c1-2-17-13-25-20(30-17)14-26-18-12-19(15-6-4-3-5-7-15)31-21(18)22(28)27(23(26)29)16-8-10-24-11-9-16;/h3-7,12-13,16,24H,2,8-11,14H2,1H3;1H. The molecule has 1 fully saturated rings. The van der Waals surface area contributed by atoms with Crippen molar-refractivity contribution in [3.8, 4) is 10.4 Å². The fourth-order valence-electron chi connectivity index (χ4n) is 4.17. The topological polar surface area (TPSA) is 82.1 Å². The van der Waals surface area contributed by atoms with Crippen molar-refractivity contribution in [3.63, 3.8) is 0 Å². The third kappa shape index (κ3) is 4.05. The van der Waals surface area contributed by atoms with Gasteiger partial charge in [0.05, 0.1) is 11.7 Å². The normalized spacial score (nSPS) is 14.5. The Labute approximate surface area is 195 Å². The minimum atomic E-state index is -0.293. The van der Waals surface area contributed by atoms with Crippen LogP contribution in [0.1, 0.15) is 37.5 Å². The van der Waals surface area contributed by atoms with Crippen LogP contribution in [0.4, 0.5) is 0 Å². The first-order chi connectivity index (χ1) is 15.2. The van der Waals surface area contributed by atoms with Crippen LogP contribution in [-0.4, -0.2) is 27.2 Å². The van der Waals surface area contributed by atoms with Crippen LogP contribution in [0.15, 0.2) is 56.6 Å². The lowest BCUT2D eigenvalue weighted by Crippen LogP contribution is -2.45. The molecule has 4 aromatic rings. The Balaban J connectivity index is 0.00000245. The Bertz CT molecular complexity index is 1330. The first-order valence-electron chi connectivity index (χ1n) is 10.6. The third-order valence-corrected chi connectivity index (χ3v) is 6.99. The number of aryl methyl sites for hydroxylation is 1. The van der Waals surface area contributed by atoms with Gasteiger partial charge in [0, 0.05) is 17.3 Å². The van der Waals surface area contributed by atoms with Gasteiger partial charge in [0.25, 0.3) is 5.56 Å². The van der Waals surface area contributed by atoms with Gasteiger partial charge in [-0.3, -0.25) is 13.9 Å². The first kappa shape index (κ1) is 22.5. The number of hydrogen-bond acceptors (Lipinski definition) is 6. The van der Waals surface area contributed by atoms with E-state index in [2.05, 4.69) is 10.3 Å². The average Bonchev–Trinajstić information content (AvgIpc) is 3.45. The summed E-state index contributed by atoms with van der Waals surface area (Å²) in [5.41, 5.74) is 1.18. The zero-order valence-electron chi connectivity index (χ0n) is 17.7. The molecule has 32 heavy (non-hydrogen) atoms. The maximum absolute atomic E-state index is 13.6. The smallest absolute Gasteiger partial charge is 0.332 e. The number of rotatable bonds is 5. The number of hydrogen-bond donors (Lipinski definition) is 1. The maximum atomic E-state index is 13.6. The highest BCUT2D eigenvalue weighted by Crippen LogP contribution is 2.32. The summed E-state index contributed by atoms with van der Waals surface area (Å²) in [6.45, 7) is 3.80. The summed E-state index contributed by atoms with van der Waals surface area (Å²) in [5, 5.41) is 3.30. The van der Waals surface area contributed by atoms with Crippen LogP contribution in [0.5, 0.6) is 0 Å². The summed E-state index contributed by atoms with van der Waals surface area (Å²) in [4.78, 5) is 32.3.